The molecule has 1 heterocycles. The standard InChI is InChI=1S/C24H24ClN3O2/c1-4-16-13-18(9-11-21(16)26-19-7-5-6-8-19)24-27-23(28-30-24)17-10-12-22(20(25)14-17)29-15(2)3/h1,9-15,19,26H,5-8H2,2-3H3. The third-order valence-corrected chi connectivity index (χ3v) is 5.41. The first-order chi connectivity index (χ1) is 14.5. The Hall–Kier alpha value is -2.97. The van der Waals surface area contributed by atoms with Crippen LogP contribution in [0.5, 0.6) is 5.75 Å². The molecule has 0 radical (unpaired) electrons. The van der Waals surface area contributed by atoms with Gasteiger partial charge in [-0.3, -0.25) is 0 Å². The van der Waals surface area contributed by atoms with E-state index in [4.69, 9.17) is 27.3 Å². The van der Waals surface area contributed by atoms with Crippen LogP contribution in [0.3, 0.4) is 0 Å². The molecule has 0 amide bonds. The maximum Gasteiger partial charge on any atom is 0.258 e. The Labute approximate surface area is 181 Å². The van der Waals surface area contributed by atoms with Crippen molar-refractivity contribution in [1.82, 2.24) is 10.1 Å². The molecule has 1 aromatic heterocycles. The smallest absolute Gasteiger partial charge is 0.258 e. The number of hydrogen-bond acceptors (Lipinski definition) is 5. The normalized spacial score (nSPS) is 14.1. The van der Waals surface area contributed by atoms with E-state index in [1.807, 2.05) is 44.2 Å². The van der Waals surface area contributed by atoms with Gasteiger partial charge < -0.3 is 14.6 Å². The van der Waals surface area contributed by atoms with Crippen molar-refractivity contribution < 1.29 is 9.26 Å². The zero-order valence-corrected chi connectivity index (χ0v) is 17.9. The number of terminal acetylenes is 1. The van der Waals surface area contributed by atoms with E-state index < -0.39 is 0 Å². The molecule has 5 nitrogen and oxygen atoms in total. The van der Waals surface area contributed by atoms with Crippen molar-refractivity contribution in [3.8, 4) is 40.9 Å². The summed E-state index contributed by atoms with van der Waals surface area (Å²) in [7, 11) is 0. The van der Waals surface area contributed by atoms with Crippen LogP contribution in [0, 0.1) is 12.3 Å². The average molecular weight is 422 g/mol. The summed E-state index contributed by atoms with van der Waals surface area (Å²) in [4.78, 5) is 4.52. The predicted molar refractivity (Wildman–Crippen MR) is 120 cm³/mol. The Morgan fingerprint density at radius 2 is 1.93 bits per heavy atom. The molecule has 1 fully saturated rings. The lowest BCUT2D eigenvalue weighted by atomic mass is 10.1. The van der Waals surface area contributed by atoms with Crippen LogP contribution in [0.4, 0.5) is 5.69 Å². The molecule has 0 saturated heterocycles. The van der Waals surface area contributed by atoms with Gasteiger partial charge in [-0.05, 0) is 63.1 Å². The summed E-state index contributed by atoms with van der Waals surface area (Å²) >= 11 is 6.33. The fourth-order valence-electron chi connectivity index (χ4n) is 3.66. The number of ether oxygens (including phenoxy) is 1. The van der Waals surface area contributed by atoms with Crippen LogP contribution in [0.2, 0.25) is 5.02 Å². The maximum atomic E-state index is 6.33. The lowest BCUT2D eigenvalue weighted by Gasteiger charge is -2.15. The lowest BCUT2D eigenvalue weighted by Crippen LogP contribution is -2.15. The van der Waals surface area contributed by atoms with Crippen LogP contribution in [0.25, 0.3) is 22.8 Å². The number of anilines is 1. The molecule has 0 spiro atoms. The van der Waals surface area contributed by atoms with E-state index in [2.05, 4.69) is 21.4 Å². The number of rotatable bonds is 6. The van der Waals surface area contributed by atoms with Crippen LogP contribution in [-0.2, 0) is 0 Å². The highest BCUT2D eigenvalue weighted by atomic mass is 35.5. The molecule has 0 aliphatic heterocycles. The zero-order valence-electron chi connectivity index (χ0n) is 17.1. The summed E-state index contributed by atoms with van der Waals surface area (Å²) in [5, 5.41) is 8.17. The Morgan fingerprint density at radius 1 is 1.17 bits per heavy atom. The molecule has 154 valence electrons. The first-order valence-electron chi connectivity index (χ1n) is 10.2. The number of hydrogen-bond donors (Lipinski definition) is 1. The van der Waals surface area contributed by atoms with Crippen molar-refractivity contribution in [2.24, 2.45) is 0 Å². The van der Waals surface area contributed by atoms with E-state index >= 15 is 0 Å². The number of nitrogens with zero attached hydrogens (tertiary/aromatic N) is 2. The van der Waals surface area contributed by atoms with E-state index in [-0.39, 0.29) is 6.10 Å². The minimum atomic E-state index is 0.0432. The second-order valence-corrected chi connectivity index (χ2v) is 8.17. The Bertz CT molecular complexity index is 1080. The van der Waals surface area contributed by atoms with Crippen LogP contribution in [0.1, 0.15) is 45.1 Å². The van der Waals surface area contributed by atoms with Crippen LogP contribution in [0.15, 0.2) is 40.9 Å². The minimum absolute atomic E-state index is 0.0432. The summed E-state index contributed by atoms with van der Waals surface area (Å²) < 4.78 is 11.2. The van der Waals surface area contributed by atoms with Crippen molar-refractivity contribution in [3.05, 3.63) is 47.0 Å². The molecule has 0 unspecified atom stereocenters. The molecule has 1 aliphatic carbocycles. The Balaban J connectivity index is 1.56. The van der Waals surface area contributed by atoms with Crippen LogP contribution in [-0.4, -0.2) is 22.3 Å². The highest BCUT2D eigenvalue weighted by Gasteiger charge is 2.17. The van der Waals surface area contributed by atoms with Gasteiger partial charge in [-0.25, -0.2) is 0 Å². The van der Waals surface area contributed by atoms with E-state index in [1.165, 1.54) is 25.7 Å². The molecule has 3 aromatic rings. The summed E-state index contributed by atoms with van der Waals surface area (Å²) in [5.74, 6) is 4.26. The van der Waals surface area contributed by atoms with Gasteiger partial charge in [-0.2, -0.15) is 4.98 Å². The SMILES string of the molecule is C#Cc1cc(-c2nc(-c3ccc(OC(C)C)c(Cl)c3)no2)ccc1NC1CCCC1. The largest absolute Gasteiger partial charge is 0.489 e. The summed E-state index contributed by atoms with van der Waals surface area (Å²) in [6, 6.07) is 11.8. The van der Waals surface area contributed by atoms with Gasteiger partial charge in [0, 0.05) is 22.7 Å². The molecular weight excluding hydrogens is 398 g/mol. The molecule has 0 atom stereocenters. The number of aromatic nitrogens is 2. The van der Waals surface area contributed by atoms with Crippen molar-refractivity contribution in [2.45, 2.75) is 51.7 Å². The van der Waals surface area contributed by atoms with E-state index in [0.717, 1.165) is 22.4 Å². The third-order valence-electron chi connectivity index (χ3n) is 5.12. The fourth-order valence-corrected chi connectivity index (χ4v) is 3.89. The third kappa shape index (κ3) is 4.44. The molecular formula is C24H24ClN3O2. The Morgan fingerprint density at radius 3 is 2.63 bits per heavy atom. The van der Waals surface area contributed by atoms with Crippen molar-refractivity contribution in [3.63, 3.8) is 0 Å². The summed E-state index contributed by atoms with van der Waals surface area (Å²) in [6.07, 6.45) is 10.7. The Kier molecular flexibility index (Phi) is 5.96. The number of halogens is 1. The molecule has 6 heteroatoms. The topological polar surface area (TPSA) is 60.2 Å². The fraction of sp³-hybridized carbons (Fsp3) is 0.333. The molecule has 2 aromatic carbocycles. The van der Waals surface area contributed by atoms with Gasteiger partial charge in [0.15, 0.2) is 0 Å². The monoisotopic (exact) mass is 421 g/mol. The summed E-state index contributed by atoms with van der Waals surface area (Å²) in [6.45, 7) is 3.91. The number of nitrogens with one attached hydrogen (secondary N) is 1. The molecule has 30 heavy (non-hydrogen) atoms. The second-order valence-electron chi connectivity index (χ2n) is 7.77. The van der Waals surface area contributed by atoms with E-state index in [9.17, 15) is 0 Å². The minimum Gasteiger partial charge on any atom is -0.489 e. The maximum absolute atomic E-state index is 6.33. The van der Waals surface area contributed by atoms with Crippen LogP contribution >= 0.6 is 11.6 Å². The zero-order chi connectivity index (χ0) is 21.1. The van der Waals surface area contributed by atoms with Crippen molar-refractivity contribution >= 4 is 17.3 Å². The van der Waals surface area contributed by atoms with Gasteiger partial charge in [0.1, 0.15) is 5.75 Å². The molecule has 1 saturated carbocycles. The van der Waals surface area contributed by atoms with Crippen molar-refractivity contribution in [2.75, 3.05) is 5.32 Å². The lowest BCUT2D eigenvalue weighted by molar-refractivity contribution is 0.242. The predicted octanol–water partition coefficient (Wildman–Crippen LogP) is 6.18. The first-order valence-corrected chi connectivity index (χ1v) is 10.6. The first kappa shape index (κ1) is 20.3. The van der Waals surface area contributed by atoms with Gasteiger partial charge in [0.25, 0.3) is 5.89 Å². The van der Waals surface area contributed by atoms with Crippen LogP contribution < -0.4 is 10.1 Å². The molecule has 1 N–H and O–H groups in total. The van der Waals surface area contributed by atoms with E-state index in [0.29, 0.717) is 28.5 Å². The molecule has 4 rings (SSSR count). The highest BCUT2D eigenvalue weighted by Crippen LogP contribution is 2.32. The number of benzene rings is 2. The second kappa shape index (κ2) is 8.81. The average Bonchev–Trinajstić information content (AvgIpc) is 3.42. The van der Waals surface area contributed by atoms with Gasteiger partial charge in [0.05, 0.1) is 16.8 Å². The quantitative estimate of drug-likeness (QED) is 0.481. The van der Waals surface area contributed by atoms with Gasteiger partial charge in [-0.1, -0.05) is 35.5 Å². The highest BCUT2D eigenvalue weighted by molar-refractivity contribution is 6.32. The van der Waals surface area contributed by atoms with Crippen molar-refractivity contribution in [1.29, 1.82) is 0 Å². The van der Waals surface area contributed by atoms with Gasteiger partial charge in [-0.15, -0.1) is 6.42 Å². The molecule has 0 bridgehead atoms. The molecule has 1 aliphatic rings. The van der Waals surface area contributed by atoms with Gasteiger partial charge >= 0.3 is 0 Å². The summed E-state index contributed by atoms with van der Waals surface area (Å²) in [5.41, 5.74) is 3.30. The van der Waals surface area contributed by atoms with E-state index in [1.54, 1.807) is 6.07 Å². The van der Waals surface area contributed by atoms with Gasteiger partial charge in [0.2, 0.25) is 5.82 Å².